The van der Waals surface area contributed by atoms with Gasteiger partial charge in [-0.05, 0) is 6.42 Å². The maximum absolute atomic E-state index is 11.6. The van der Waals surface area contributed by atoms with Crippen molar-refractivity contribution in [2.45, 2.75) is 6.42 Å². The molecule has 3 N–H and O–H groups in total. The van der Waals surface area contributed by atoms with E-state index in [1.807, 2.05) is 0 Å². The molecule has 0 aromatic rings. The Labute approximate surface area is 88.7 Å². The number of ether oxygens (including phenoxy) is 1. The molecule has 0 spiro atoms. The first-order valence-corrected chi connectivity index (χ1v) is 5.06. The smallest absolute Gasteiger partial charge is 0.242 e. The SMILES string of the molecule is NCC(=O)NCC(=O)N1CCCOCC1. The fraction of sp³-hybridized carbons (Fsp3) is 0.778. The van der Waals surface area contributed by atoms with E-state index in [2.05, 4.69) is 5.32 Å². The number of amides is 2. The van der Waals surface area contributed by atoms with Gasteiger partial charge >= 0.3 is 0 Å². The average Bonchev–Trinajstić information content (AvgIpc) is 2.53. The van der Waals surface area contributed by atoms with Gasteiger partial charge in [0.25, 0.3) is 0 Å². The van der Waals surface area contributed by atoms with E-state index in [9.17, 15) is 9.59 Å². The normalized spacial score (nSPS) is 17.0. The van der Waals surface area contributed by atoms with Crippen LogP contribution in [0.5, 0.6) is 0 Å². The third-order valence-corrected chi connectivity index (χ3v) is 2.20. The summed E-state index contributed by atoms with van der Waals surface area (Å²) in [5, 5.41) is 2.45. The number of hydrogen-bond donors (Lipinski definition) is 2. The quantitative estimate of drug-likeness (QED) is 0.588. The van der Waals surface area contributed by atoms with Gasteiger partial charge in [0, 0.05) is 19.7 Å². The Morgan fingerprint density at radius 3 is 2.87 bits per heavy atom. The largest absolute Gasteiger partial charge is 0.380 e. The summed E-state index contributed by atoms with van der Waals surface area (Å²) in [5.41, 5.74) is 5.10. The third-order valence-electron chi connectivity index (χ3n) is 2.20. The molecule has 0 atom stereocenters. The number of nitrogens with one attached hydrogen (secondary N) is 1. The molecule has 6 heteroatoms. The number of nitrogens with zero attached hydrogens (tertiary/aromatic N) is 1. The lowest BCUT2D eigenvalue weighted by molar-refractivity contribution is -0.132. The summed E-state index contributed by atoms with van der Waals surface area (Å²) in [6, 6.07) is 0. The molecule has 0 aromatic heterocycles. The molecule has 6 nitrogen and oxygen atoms in total. The lowest BCUT2D eigenvalue weighted by Crippen LogP contribution is -2.42. The summed E-state index contributed by atoms with van der Waals surface area (Å²) in [5.74, 6) is -0.392. The van der Waals surface area contributed by atoms with Crippen molar-refractivity contribution in [3.8, 4) is 0 Å². The van der Waals surface area contributed by atoms with Crippen LogP contribution < -0.4 is 11.1 Å². The predicted molar refractivity (Wildman–Crippen MR) is 54.1 cm³/mol. The second-order valence-electron chi connectivity index (χ2n) is 3.33. The van der Waals surface area contributed by atoms with Gasteiger partial charge in [0.1, 0.15) is 0 Å². The average molecular weight is 215 g/mol. The monoisotopic (exact) mass is 215 g/mol. The van der Waals surface area contributed by atoms with Crippen molar-refractivity contribution in [1.29, 1.82) is 0 Å². The Morgan fingerprint density at radius 1 is 1.33 bits per heavy atom. The first kappa shape index (κ1) is 11.9. The molecule has 86 valence electrons. The molecule has 1 rings (SSSR count). The lowest BCUT2D eigenvalue weighted by atomic mass is 10.4. The predicted octanol–water partition coefficient (Wildman–Crippen LogP) is -1.69. The Morgan fingerprint density at radius 2 is 2.13 bits per heavy atom. The van der Waals surface area contributed by atoms with Crippen molar-refractivity contribution in [1.82, 2.24) is 10.2 Å². The molecule has 1 fully saturated rings. The van der Waals surface area contributed by atoms with Crippen molar-refractivity contribution < 1.29 is 14.3 Å². The molecule has 1 aliphatic rings. The fourth-order valence-corrected chi connectivity index (χ4v) is 1.35. The number of hydrogen-bond acceptors (Lipinski definition) is 4. The van der Waals surface area contributed by atoms with Crippen molar-refractivity contribution in [3.63, 3.8) is 0 Å². The molecular weight excluding hydrogens is 198 g/mol. The Kier molecular flexibility index (Phi) is 5.06. The van der Waals surface area contributed by atoms with E-state index in [0.717, 1.165) is 6.42 Å². The van der Waals surface area contributed by atoms with Crippen LogP contribution >= 0.6 is 0 Å². The third kappa shape index (κ3) is 4.26. The summed E-state index contributed by atoms with van der Waals surface area (Å²) < 4.78 is 5.22. The molecule has 0 saturated carbocycles. The molecule has 0 aliphatic carbocycles. The topological polar surface area (TPSA) is 84.7 Å². The van der Waals surface area contributed by atoms with Gasteiger partial charge in [-0.15, -0.1) is 0 Å². The van der Waals surface area contributed by atoms with Gasteiger partial charge in [-0.3, -0.25) is 9.59 Å². The summed E-state index contributed by atoms with van der Waals surface area (Å²) in [4.78, 5) is 24.1. The number of carbonyl (C=O) groups is 2. The highest BCUT2D eigenvalue weighted by atomic mass is 16.5. The minimum Gasteiger partial charge on any atom is -0.380 e. The van der Waals surface area contributed by atoms with Crippen LogP contribution in [0, 0.1) is 0 Å². The standard InChI is InChI=1S/C9H17N3O3/c10-6-8(13)11-7-9(14)12-2-1-4-15-5-3-12/h1-7,10H2,(H,11,13). The number of carbonyl (C=O) groups excluding carboxylic acids is 2. The van der Waals surface area contributed by atoms with E-state index in [1.54, 1.807) is 4.90 Å². The minimum atomic E-state index is -0.311. The minimum absolute atomic E-state index is 0.0238. The first-order chi connectivity index (χ1) is 7.24. The molecule has 0 aromatic carbocycles. The van der Waals surface area contributed by atoms with E-state index >= 15 is 0 Å². The van der Waals surface area contributed by atoms with E-state index in [-0.39, 0.29) is 24.9 Å². The van der Waals surface area contributed by atoms with Crippen LogP contribution in [0.15, 0.2) is 0 Å². The van der Waals surface area contributed by atoms with Gasteiger partial charge in [0.15, 0.2) is 0 Å². The van der Waals surface area contributed by atoms with Crippen LogP contribution in [-0.2, 0) is 14.3 Å². The van der Waals surface area contributed by atoms with Crippen LogP contribution in [0.1, 0.15) is 6.42 Å². The summed E-state index contributed by atoms with van der Waals surface area (Å²) in [7, 11) is 0. The first-order valence-electron chi connectivity index (χ1n) is 5.06. The Hall–Kier alpha value is -1.14. The maximum atomic E-state index is 11.6. The molecule has 2 amide bonds. The highest BCUT2D eigenvalue weighted by Crippen LogP contribution is 1.98. The molecule has 15 heavy (non-hydrogen) atoms. The van der Waals surface area contributed by atoms with Crippen molar-refractivity contribution in [2.24, 2.45) is 5.73 Å². The zero-order valence-corrected chi connectivity index (χ0v) is 8.70. The molecule has 1 aliphatic heterocycles. The van der Waals surface area contributed by atoms with E-state index < -0.39 is 0 Å². The van der Waals surface area contributed by atoms with Gasteiger partial charge in [0.05, 0.1) is 19.7 Å². The van der Waals surface area contributed by atoms with Crippen molar-refractivity contribution >= 4 is 11.8 Å². The highest BCUT2D eigenvalue weighted by Gasteiger charge is 2.15. The summed E-state index contributed by atoms with van der Waals surface area (Å²) in [6.07, 6.45) is 0.844. The van der Waals surface area contributed by atoms with Crippen molar-refractivity contribution in [3.05, 3.63) is 0 Å². The van der Waals surface area contributed by atoms with Gasteiger partial charge in [0.2, 0.25) is 11.8 Å². The number of nitrogens with two attached hydrogens (primary N) is 1. The van der Waals surface area contributed by atoms with E-state index in [1.165, 1.54) is 0 Å². The molecule has 0 unspecified atom stereocenters. The second kappa shape index (κ2) is 6.36. The highest BCUT2D eigenvalue weighted by molar-refractivity contribution is 5.85. The summed E-state index contributed by atoms with van der Waals surface area (Å²) >= 11 is 0. The van der Waals surface area contributed by atoms with E-state index in [4.69, 9.17) is 10.5 Å². The zero-order valence-electron chi connectivity index (χ0n) is 8.70. The number of rotatable bonds is 3. The van der Waals surface area contributed by atoms with Gasteiger partial charge in [-0.25, -0.2) is 0 Å². The Balaban J connectivity index is 2.28. The lowest BCUT2D eigenvalue weighted by Gasteiger charge is -2.19. The zero-order chi connectivity index (χ0) is 11.1. The van der Waals surface area contributed by atoms with Crippen LogP contribution in [-0.4, -0.2) is 56.1 Å². The maximum Gasteiger partial charge on any atom is 0.242 e. The molecule has 1 saturated heterocycles. The Bertz CT molecular complexity index is 225. The second-order valence-corrected chi connectivity index (χ2v) is 3.33. The molecular formula is C9H17N3O3. The molecule has 0 bridgehead atoms. The summed E-state index contributed by atoms with van der Waals surface area (Å²) in [6.45, 7) is 2.48. The van der Waals surface area contributed by atoms with Gasteiger partial charge < -0.3 is 20.7 Å². The van der Waals surface area contributed by atoms with Crippen LogP contribution in [0.2, 0.25) is 0 Å². The molecule has 1 heterocycles. The fourth-order valence-electron chi connectivity index (χ4n) is 1.35. The van der Waals surface area contributed by atoms with Crippen LogP contribution in [0.25, 0.3) is 0 Å². The van der Waals surface area contributed by atoms with Gasteiger partial charge in [-0.2, -0.15) is 0 Å². The van der Waals surface area contributed by atoms with Gasteiger partial charge in [-0.1, -0.05) is 0 Å². The molecule has 0 radical (unpaired) electrons. The van der Waals surface area contributed by atoms with Crippen LogP contribution in [0.3, 0.4) is 0 Å². The van der Waals surface area contributed by atoms with Crippen LogP contribution in [0.4, 0.5) is 0 Å². The van der Waals surface area contributed by atoms with E-state index in [0.29, 0.717) is 26.3 Å². The van der Waals surface area contributed by atoms with Crippen molar-refractivity contribution in [2.75, 3.05) is 39.4 Å².